The van der Waals surface area contributed by atoms with Gasteiger partial charge in [-0.05, 0) is 37.1 Å². The van der Waals surface area contributed by atoms with Crippen LogP contribution in [0.15, 0.2) is 42.5 Å². The average Bonchev–Trinajstić information content (AvgIpc) is 2.63. The van der Waals surface area contributed by atoms with Crippen LogP contribution in [0.25, 0.3) is 0 Å². The Morgan fingerprint density at radius 2 is 1.69 bits per heavy atom. The number of ether oxygens (including phenoxy) is 1. The second-order valence-corrected chi connectivity index (χ2v) is 5.95. The van der Waals surface area contributed by atoms with Gasteiger partial charge in [-0.3, -0.25) is 9.59 Å². The van der Waals surface area contributed by atoms with E-state index in [1.165, 1.54) is 13.2 Å². The molecule has 2 aromatic carbocycles. The second-order valence-electron chi connectivity index (χ2n) is 5.95. The highest BCUT2D eigenvalue weighted by Gasteiger charge is 2.21. The molecule has 6 heteroatoms. The fraction of sp³-hybridized carbons (Fsp3) is 0.250. The summed E-state index contributed by atoms with van der Waals surface area (Å²) in [4.78, 5) is 36.3. The largest absolute Gasteiger partial charge is 0.479 e. The molecule has 0 heterocycles. The topological polar surface area (TPSA) is 92.7 Å². The van der Waals surface area contributed by atoms with Crippen molar-refractivity contribution in [3.63, 3.8) is 0 Å². The molecule has 0 aliphatic rings. The number of methoxy groups -OCH3 is 1. The Labute approximate surface area is 151 Å². The number of aliphatic carboxylic acids is 1. The predicted molar refractivity (Wildman–Crippen MR) is 96.6 cm³/mol. The van der Waals surface area contributed by atoms with E-state index in [0.29, 0.717) is 5.56 Å². The minimum Gasteiger partial charge on any atom is -0.479 e. The number of carbonyl (C=O) groups is 3. The Hall–Kier alpha value is -2.99. The Kier molecular flexibility index (Phi) is 6.25. The minimum absolute atomic E-state index is 0.191. The maximum Gasteiger partial charge on any atom is 0.334 e. The third-order valence-electron chi connectivity index (χ3n) is 4.19. The monoisotopic (exact) mass is 355 g/mol. The van der Waals surface area contributed by atoms with Crippen LogP contribution in [0.4, 0.5) is 0 Å². The van der Waals surface area contributed by atoms with Crippen molar-refractivity contribution in [2.75, 3.05) is 13.7 Å². The van der Waals surface area contributed by atoms with Crippen LogP contribution in [0, 0.1) is 13.8 Å². The summed E-state index contributed by atoms with van der Waals surface area (Å²) >= 11 is 0. The molecule has 1 amide bonds. The first kappa shape index (κ1) is 19.3. The van der Waals surface area contributed by atoms with Gasteiger partial charge in [0.2, 0.25) is 0 Å². The standard InChI is InChI=1S/C20H21NO5/c1-12-8-9-14(10-13(12)2)18(22)15-6-4-5-7-16(15)19(23)21-11-17(26-3)20(24)25/h4-10,17H,11H2,1-3H3,(H,21,23)(H,24,25). The molecule has 0 saturated carbocycles. The number of nitrogens with one attached hydrogen (secondary N) is 1. The highest BCUT2D eigenvalue weighted by Crippen LogP contribution is 2.17. The maximum atomic E-state index is 12.8. The number of carbonyl (C=O) groups excluding carboxylic acids is 2. The second kappa shape index (κ2) is 8.40. The molecule has 0 aliphatic carbocycles. The lowest BCUT2D eigenvalue weighted by Crippen LogP contribution is -2.38. The number of carboxylic acids is 1. The van der Waals surface area contributed by atoms with Gasteiger partial charge in [-0.15, -0.1) is 0 Å². The van der Waals surface area contributed by atoms with Crippen LogP contribution in [0.3, 0.4) is 0 Å². The maximum absolute atomic E-state index is 12.8. The lowest BCUT2D eigenvalue weighted by molar-refractivity contribution is -0.148. The Morgan fingerprint density at radius 1 is 1.04 bits per heavy atom. The summed E-state index contributed by atoms with van der Waals surface area (Å²) in [6.07, 6.45) is -1.15. The Balaban J connectivity index is 2.26. The number of benzene rings is 2. The van der Waals surface area contributed by atoms with Crippen molar-refractivity contribution in [2.24, 2.45) is 0 Å². The number of aryl methyl sites for hydroxylation is 2. The van der Waals surface area contributed by atoms with E-state index in [2.05, 4.69) is 5.32 Å². The van der Waals surface area contributed by atoms with Crippen LogP contribution in [-0.2, 0) is 9.53 Å². The highest BCUT2D eigenvalue weighted by atomic mass is 16.5. The molecule has 2 rings (SSSR count). The van der Waals surface area contributed by atoms with Crippen molar-refractivity contribution < 1.29 is 24.2 Å². The molecule has 136 valence electrons. The van der Waals surface area contributed by atoms with Crippen molar-refractivity contribution in [1.82, 2.24) is 5.32 Å². The summed E-state index contributed by atoms with van der Waals surface area (Å²) in [6.45, 7) is 3.68. The fourth-order valence-electron chi connectivity index (χ4n) is 2.47. The molecular weight excluding hydrogens is 334 g/mol. The smallest absolute Gasteiger partial charge is 0.334 e. The fourth-order valence-corrected chi connectivity index (χ4v) is 2.47. The number of hydrogen-bond donors (Lipinski definition) is 2. The molecule has 1 atom stereocenters. The number of amides is 1. The van der Waals surface area contributed by atoms with Crippen molar-refractivity contribution >= 4 is 17.7 Å². The molecule has 6 nitrogen and oxygen atoms in total. The zero-order valence-electron chi connectivity index (χ0n) is 14.9. The molecule has 26 heavy (non-hydrogen) atoms. The van der Waals surface area contributed by atoms with E-state index in [9.17, 15) is 14.4 Å². The molecule has 0 spiro atoms. The molecule has 0 saturated heterocycles. The van der Waals surface area contributed by atoms with Crippen LogP contribution in [0.5, 0.6) is 0 Å². The zero-order valence-corrected chi connectivity index (χ0v) is 14.9. The SMILES string of the molecule is COC(CNC(=O)c1ccccc1C(=O)c1ccc(C)c(C)c1)C(=O)O. The lowest BCUT2D eigenvalue weighted by Gasteiger charge is -2.13. The predicted octanol–water partition coefficient (Wildman–Crippen LogP) is 2.36. The summed E-state index contributed by atoms with van der Waals surface area (Å²) < 4.78 is 4.79. The summed E-state index contributed by atoms with van der Waals surface area (Å²) in [7, 11) is 1.25. The van der Waals surface area contributed by atoms with Gasteiger partial charge in [-0.25, -0.2) is 4.79 Å². The molecule has 2 aromatic rings. The summed E-state index contributed by atoms with van der Waals surface area (Å²) in [5.41, 5.74) is 3.01. The molecule has 2 N–H and O–H groups in total. The quantitative estimate of drug-likeness (QED) is 0.744. The number of ketones is 1. The van der Waals surface area contributed by atoms with Gasteiger partial charge in [-0.1, -0.05) is 30.3 Å². The number of carboxylic acid groups (broad SMARTS) is 1. The van der Waals surface area contributed by atoms with Gasteiger partial charge in [0.1, 0.15) is 0 Å². The van der Waals surface area contributed by atoms with E-state index in [-0.39, 0.29) is 23.5 Å². The number of rotatable bonds is 7. The summed E-state index contributed by atoms with van der Waals surface area (Å²) in [6, 6.07) is 11.8. The van der Waals surface area contributed by atoms with E-state index in [0.717, 1.165) is 11.1 Å². The van der Waals surface area contributed by atoms with E-state index in [1.807, 2.05) is 19.9 Å². The minimum atomic E-state index is -1.17. The van der Waals surface area contributed by atoms with Crippen LogP contribution >= 0.6 is 0 Å². The molecule has 0 aliphatic heterocycles. The normalized spacial score (nSPS) is 11.7. The molecule has 0 radical (unpaired) electrons. The van der Waals surface area contributed by atoms with Crippen molar-refractivity contribution in [3.05, 3.63) is 70.3 Å². The van der Waals surface area contributed by atoms with Gasteiger partial charge in [0.15, 0.2) is 11.9 Å². The Bertz CT molecular complexity index is 844. The van der Waals surface area contributed by atoms with Gasteiger partial charge in [0.05, 0.1) is 12.1 Å². The molecular formula is C20H21NO5. The summed E-state index contributed by atoms with van der Waals surface area (Å²) in [5.74, 6) is -1.96. The van der Waals surface area contributed by atoms with Gasteiger partial charge in [-0.2, -0.15) is 0 Å². The highest BCUT2D eigenvalue weighted by molar-refractivity contribution is 6.15. The first-order valence-electron chi connectivity index (χ1n) is 8.10. The van der Waals surface area contributed by atoms with Gasteiger partial charge in [0.25, 0.3) is 5.91 Å². The molecule has 0 bridgehead atoms. The molecule has 0 fully saturated rings. The van der Waals surface area contributed by atoms with E-state index < -0.39 is 18.0 Å². The van der Waals surface area contributed by atoms with Crippen LogP contribution in [-0.4, -0.2) is 42.5 Å². The van der Waals surface area contributed by atoms with Crippen molar-refractivity contribution in [2.45, 2.75) is 20.0 Å². The van der Waals surface area contributed by atoms with Gasteiger partial charge < -0.3 is 15.2 Å². The van der Waals surface area contributed by atoms with Crippen LogP contribution in [0.2, 0.25) is 0 Å². The molecule has 0 aromatic heterocycles. The third-order valence-corrected chi connectivity index (χ3v) is 4.19. The first-order chi connectivity index (χ1) is 12.3. The van der Waals surface area contributed by atoms with Crippen LogP contribution < -0.4 is 5.32 Å². The lowest BCUT2D eigenvalue weighted by atomic mass is 9.95. The first-order valence-corrected chi connectivity index (χ1v) is 8.10. The van der Waals surface area contributed by atoms with Crippen molar-refractivity contribution in [3.8, 4) is 0 Å². The van der Waals surface area contributed by atoms with Gasteiger partial charge in [0, 0.05) is 18.2 Å². The average molecular weight is 355 g/mol. The molecule has 1 unspecified atom stereocenters. The van der Waals surface area contributed by atoms with Crippen LogP contribution in [0.1, 0.15) is 37.4 Å². The van der Waals surface area contributed by atoms with E-state index in [1.54, 1.807) is 30.3 Å². The van der Waals surface area contributed by atoms with E-state index >= 15 is 0 Å². The van der Waals surface area contributed by atoms with Gasteiger partial charge >= 0.3 is 5.97 Å². The summed E-state index contributed by atoms with van der Waals surface area (Å²) in [5, 5.41) is 11.5. The third kappa shape index (κ3) is 4.34. The van der Waals surface area contributed by atoms with Crippen molar-refractivity contribution in [1.29, 1.82) is 0 Å². The number of hydrogen-bond acceptors (Lipinski definition) is 4. The van der Waals surface area contributed by atoms with E-state index in [4.69, 9.17) is 9.84 Å². The Morgan fingerprint density at radius 3 is 2.27 bits per heavy atom. The zero-order chi connectivity index (χ0) is 19.3.